The molecule has 0 bridgehead atoms. The van der Waals surface area contributed by atoms with E-state index in [9.17, 15) is 4.79 Å². The molecule has 2 atom stereocenters. The molecule has 198 valence electrons. The maximum absolute atomic E-state index is 13.9. The van der Waals surface area contributed by atoms with Crippen LogP contribution in [0.2, 0.25) is 0 Å². The minimum atomic E-state index is -0.749. The summed E-state index contributed by atoms with van der Waals surface area (Å²) in [6.07, 6.45) is 21.8. The summed E-state index contributed by atoms with van der Waals surface area (Å²) in [5, 5.41) is 15.8. The Kier molecular flexibility index (Phi) is 14.0. The van der Waals surface area contributed by atoms with E-state index < -0.39 is 5.41 Å². The van der Waals surface area contributed by atoms with Crippen molar-refractivity contribution in [1.82, 2.24) is 10.6 Å². The number of aliphatic hydroxyl groups excluding tert-OH is 1. The molecule has 0 spiro atoms. The molecule has 0 aliphatic rings. The quantitative estimate of drug-likeness (QED) is 0.174. The highest BCUT2D eigenvalue weighted by atomic mass is 16.2. The number of nitrogens with one attached hydrogen (secondary N) is 2. The van der Waals surface area contributed by atoms with Gasteiger partial charge in [0.1, 0.15) is 6.11 Å². The monoisotopic (exact) mass is 484 g/mol. The molecule has 0 heterocycles. The maximum Gasteiger partial charge on any atom is 0.233 e. The van der Waals surface area contributed by atoms with Gasteiger partial charge in [-0.3, -0.25) is 4.79 Å². The molecule has 0 aliphatic heterocycles. The van der Waals surface area contributed by atoms with Crippen LogP contribution >= 0.6 is 0 Å². The van der Waals surface area contributed by atoms with Crippen LogP contribution in [0.1, 0.15) is 88.0 Å². The van der Waals surface area contributed by atoms with Gasteiger partial charge in [-0.2, -0.15) is 0 Å². The Morgan fingerprint density at radius 1 is 0.943 bits per heavy atom. The van der Waals surface area contributed by atoms with E-state index in [-0.39, 0.29) is 28.2 Å². The summed E-state index contributed by atoms with van der Waals surface area (Å²) < 4.78 is 0. The maximum atomic E-state index is 13.9. The normalized spacial score (nSPS) is 18.8. The van der Waals surface area contributed by atoms with Gasteiger partial charge in [-0.25, -0.2) is 0 Å². The second-order valence-corrected chi connectivity index (χ2v) is 11.1. The molecule has 2 unspecified atom stereocenters. The Hall–Kier alpha value is -2.25. The van der Waals surface area contributed by atoms with E-state index in [0.29, 0.717) is 13.0 Å². The van der Waals surface area contributed by atoms with Gasteiger partial charge in [0, 0.05) is 12.5 Å². The van der Waals surface area contributed by atoms with Gasteiger partial charge in [-0.05, 0) is 71.3 Å². The molecule has 4 nitrogen and oxygen atoms in total. The number of aliphatic hydroxyl groups is 1. The number of likely N-dealkylation sites (N-methyl/N-ethyl adjacent to an activating group) is 1. The van der Waals surface area contributed by atoms with E-state index in [2.05, 4.69) is 68.6 Å². The van der Waals surface area contributed by atoms with Gasteiger partial charge in [0.05, 0.1) is 11.0 Å². The molecule has 0 aliphatic carbocycles. The topological polar surface area (TPSA) is 61.4 Å². The molecule has 4 heteroatoms. The number of rotatable bonds is 15. The highest BCUT2D eigenvalue weighted by molar-refractivity contribution is 5.86. The molecule has 0 fully saturated rings. The summed E-state index contributed by atoms with van der Waals surface area (Å²) in [7, 11) is 1.99. The third-order valence-corrected chi connectivity index (χ3v) is 6.93. The van der Waals surface area contributed by atoms with Crippen molar-refractivity contribution in [3.05, 3.63) is 48.6 Å². The summed E-state index contributed by atoms with van der Waals surface area (Å²) in [5.41, 5.74) is -1.27. The lowest BCUT2D eigenvalue weighted by atomic mass is 9.68. The van der Waals surface area contributed by atoms with Crippen LogP contribution in [0.5, 0.6) is 0 Å². The average Bonchev–Trinajstić information content (AvgIpc) is 2.77. The number of hydrogen-bond donors (Lipinski definition) is 3. The lowest BCUT2D eigenvalue weighted by molar-refractivity contribution is -0.128. The van der Waals surface area contributed by atoms with Gasteiger partial charge >= 0.3 is 0 Å². The largest absolute Gasteiger partial charge is 0.462 e. The van der Waals surface area contributed by atoms with Crippen molar-refractivity contribution in [2.75, 3.05) is 13.6 Å². The van der Waals surface area contributed by atoms with E-state index in [4.69, 9.17) is 5.11 Å². The summed E-state index contributed by atoms with van der Waals surface area (Å²) in [6, 6.07) is 0. The first-order valence-electron chi connectivity index (χ1n) is 13.0. The molecule has 35 heavy (non-hydrogen) atoms. The van der Waals surface area contributed by atoms with Gasteiger partial charge in [0.25, 0.3) is 0 Å². The smallest absolute Gasteiger partial charge is 0.233 e. The lowest BCUT2D eigenvalue weighted by Crippen LogP contribution is -2.49. The number of carbonyl (C=O) groups excluding carboxylic acids is 1. The van der Waals surface area contributed by atoms with Gasteiger partial charge < -0.3 is 15.7 Å². The molecule has 0 rings (SSSR count). The van der Waals surface area contributed by atoms with Gasteiger partial charge in [-0.15, -0.1) is 0 Å². The van der Waals surface area contributed by atoms with Crippen LogP contribution in [-0.2, 0) is 4.79 Å². The van der Waals surface area contributed by atoms with Crippen LogP contribution in [-0.4, -0.2) is 30.1 Å². The van der Waals surface area contributed by atoms with Crippen molar-refractivity contribution in [1.29, 1.82) is 0 Å². The fourth-order valence-corrected chi connectivity index (χ4v) is 5.35. The first-order valence-corrected chi connectivity index (χ1v) is 13.0. The summed E-state index contributed by atoms with van der Waals surface area (Å²) in [6.45, 7) is 19.4. The first kappa shape index (κ1) is 32.8. The van der Waals surface area contributed by atoms with Crippen molar-refractivity contribution < 1.29 is 9.90 Å². The van der Waals surface area contributed by atoms with Gasteiger partial charge in [-0.1, -0.05) is 89.1 Å². The zero-order valence-corrected chi connectivity index (χ0v) is 24.1. The molecule has 0 aromatic carbocycles. The van der Waals surface area contributed by atoms with Crippen molar-refractivity contribution in [2.45, 2.75) is 93.5 Å². The second-order valence-electron chi connectivity index (χ2n) is 11.1. The summed E-state index contributed by atoms with van der Waals surface area (Å²) in [4.78, 5) is 13.9. The van der Waals surface area contributed by atoms with Gasteiger partial charge in [0.2, 0.25) is 5.91 Å². The summed E-state index contributed by atoms with van der Waals surface area (Å²) in [5.74, 6) is 2.90. The van der Waals surface area contributed by atoms with Crippen molar-refractivity contribution in [3.8, 4) is 12.0 Å². The zero-order chi connectivity index (χ0) is 27.2. The minimum absolute atomic E-state index is 0.0227. The van der Waals surface area contributed by atoms with Crippen LogP contribution in [0.3, 0.4) is 0 Å². The van der Waals surface area contributed by atoms with Crippen LogP contribution < -0.4 is 10.6 Å². The average molecular weight is 485 g/mol. The Balaban J connectivity index is 6.01. The Bertz CT molecular complexity index is 799. The molecule has 0 saturated carbocycles. The third kappa shape index (κ3) is 10.5. The van der Waals surface area contributed by atoms with Crippen LogP contribution in [0.25, 0.3) is 0 Å². The molecule has 1 amide bonds. The Morgan fingerprint density at radius 3 is 1.86 bits per heavy atom. The number of carbonyl (C=O) groups is 1. The van der Waals surface area contributed by atoms with E-state index in [1.807, 2.05) is 72.1 Å². The highest BCUT2D eigenvalue weighted by Crippen LogP contribution is 2.41. The number of amides is 1. The van der Waals surface area contributed by atoms with E-state index in [1.54, 1.807) is 0 Å². The van der Waals surface area contributed by atoms with Crippen molar-refractivity contribution in [3.63, 3.8) is 0 Å². The number of allylic oxidation sites excluding steroid dienone is 4. The lowest BCUT2D eigenvalue weighted by Gasteiger charge is -2.40. The SMILES string of the molecule is CC=CC(C=CC)(CC(C)(CC)CNC(=O)C(C=CC)(C=CC)CC(C)(C)CC(C)C#CO)NC. The molecule has 0 aromatic heterocycles. The zero-order valence-electron chi connectivity index (χ0n) is 24.1. The number of hydrogen-bond acceptors (Lipinski definition) is 3. The van der Waals surface area contributed by atoms with Crippen LogP contribution in [0.4, 0.5) is 0 Å². The Morgan fingerprint density at radius 2 is 1.46 bits per heavy atom. The molecule has 0 saturated heterocycles. The molecule has 0 aromatic rings. The molecular weight excluding hydrogens is 432 g/mol. The third-order valence-electron chi connectivity index (χ3n) is 6.93. The van der Waals surface area contributed by atoms with E-state index >= 15 is 0 Å². The van der Waals surface area contributed by atoms with E-state index in [0.717, 1.165) is 19.3 Å². The van der Waals surface area contributed by atoms with Crippen molar-refractivity contribution in [2.24, 2.45) is 22.2 Å². The highest BCUT2D eigenvalue weighted by Gasteiger charge is 2.40. The fraction of sp³-hybridized carbons (Fsp3) is 0.645. The predicted molar refractivity (Wildman–Crippen MR) is 151 cm³/mol. The van der Waals surface area contributed by atoms with Gasteiger partial charge in [0.15, 0.2) is 0 Å². The molecule has 3 N–H and O–H groups in total. The molecular formula is C31H52N2O2. The molecule has 0 radical (unpaired) electrons. The van der Waals surface area contributed by atoms with E-state index in [1.165, 1.54) is 0 Å². The fourth-order valence-electron chi connectivity index (χ4n) is 5.35. The van der Waals surface area contributed by atoms with Crippen LogP contribution in [0.15, 0.2) is 48.6 Å². The standard InChI is InChI=1S/C31H52N2O2/c1-11-17-30(18-12-2,23-28(7,8)22-26(6)16-21-34)27(35)33-25-29(9,15-5)24-31(32-10,19-13-3)20-14-4/h11-14,17-20,26,32,34H,15,22-25H2,1-10H3,(H,33,35). The van der Waals surface area contributed by atoms with Crippen LogP contribution in [0, 0.1) is 34.2 Å². The first-order chi connectivity index (χ1) is 16.4. The second kappa shape index (κ2) is 15.0. The Labute approximate surface area is 216 Å². The van der Waals surface area contributed by atoms with Crippen molar-refractivity contribution >= 4 is 5.91 Å². The summed E-state index contributed by atoms with van der Waals surface area (Å²) >= 11 is 0. The predicted octanol–water partition coefficient (Wildman–Crippen LogP) is 6.93. The minimum Gasteiger partial charge on any atom is -0.462 e.